The summed E-state index contributed by atoms with van der Waals surface area (Å²) in [4.78, 5) is 139. The molecule has 17 rings (SSSR count). The van der Waals surface area contributed by atoms with Gasteiger partial charge in [0.25, 0.3) is 5.91 Å². The minimum atomic E-state index is -2.39. The number of phenolic OH excluding ortho intramolecular Hbond substituents is 3. The molecule has 0 radical (unpaired) electrons. The maximum absolute atomic E-state index is 16.4. The second-order valence-corrected chi connectivity index (χ2v) is 31.4. The predicted molar refractivity (Wildman–Crippen MR) is 406 cm³/mol. The van der Waals surface area contributed by atoms with Crippen molar-refractivity contribution in [2.75, 3.05) is 33.4 Å². The van der Waals surface area contributed by atoms with E-state index >= 15 is 28.8 Å². The van der Waals surface area contributed by atoms with E-state index in [2.05, 4.69) is 47.9 Å². The number of fused-ring (bicyclic) bond motifs is 16. The van der Waals surface area contributed by atoms with E-state index in [1.165, 1.54) is 43.4 Å². The van der Waals surface area contributed by atoms with Crippen molar-refractivity contribution in [3.8, 4) is 68.6 Å². The van der Waals surface area contributed by atoms with Crippen molar-refractivity contribution < 1.29 is 118 Å². The number of hydrogen-bond acceptors (Lipinski definition) is 27. The second kappa shape index (κ2) is 33.7. The molecule has 116 heavy (non-hydrogen) atoms. The van der Waals surface area contributed by atoms with Gasteiger partial charge in [0.05, 0.1) is 17.5 Å². The summed E-state index contributed by atoms with van der Waals surface area (Å²) in [5.74, 6) is -14.6. The van der Waals surface area contributed by atoms with Gasteiger partial charge in [0.15, 0.2) is 23.0 Å². The average Bonchev–Trinajstić information content (AvgIpc) is 0.757. The van der Waals surface area contributed by atoms with Crippen LogP contribution in [-0.2, 0) is 43.1 Å². The van der Waals surface area contributed by atoms with E-state index in [0.29, 0.717) is 11.8 Å². The van der Waals surface area contributed by atoms with Gasteiger partial charge in [-0.3, -0.25) is 48.5 Å². The Kier molecular flexibility index (Phi) is 23.7. The Morgan fingerprint density at radius 1 is 0.595 bits per heavy atom. The van der Waals surface area contributed by atoms with Gasteiger partial charge in [0.2, 0.25) is 59.3 Å². The molecule has 22 N–H and O–H groups in total. The van der Waals surface area contributed by atoms with Gasteiger partial charge in [-0.25, -0.2) is 0 Å². The topological polar surface area (TPSA) is 551 Å². The average molecular weight is 1630 g/mol. The zero-order valence-electron chi connectivity index (χ0n) is 62.8. The van der Waals surface area contributed by atoms with Crippen LogP contribution in [0.2, 0.25) is 5.02 Å². The van der Waals surface area contributed by atoms with Crippen molar-refractivity contribution in [2.24, 2.45) is 41.1 Å². The van der Waals surface area contributed by atoms with Crippen LogP contribution in [0.5, 0.6) is 57.5 Å². The number of likely N-dealkylation sites (N-methyl/N-ethyl adjacent to an activating group) is 1. The van der Waals surface area contributed by atoms with Crippen molar-refractivity contribution in [1.29, 1.82) is 0 Å². The molecule has 9 amide bonds. The monoisotopic (exact) mass is 1620 g/mol. The third kappa shape index (κ3) is 16.5. The molecule has 1 unspecified atom stereocenters. The Morgan fingerprint density at radius 3 is 1.91 bits per heavy atom. The van der Waals surface area contributed by atoms with Gasteiger partial charge in [0.1, 0.15) is 121 Å². The first-order chi connectivity index (χ1) is 55.4. The van der Waals surface area contributed by atoms with Crippen LogP contribution in [-0.4, -0.2) is 193 Å². The fourth-order valence-electron chi connectivity index (χ4n) is 17.1. The molecule has 4 aliphatic carbocycles. The van der Waals surface area contributed by atoms with Crippen LogP contribution in [0.1, 0.15) is 139 Å². The smallest absolute Gasteiger partial charge is 0.257 e. The van der Waals surface area contributed by atoms with E-state index in [1.54, 1.807) is 13.8 Å². The number of aliphatic hydroxyl groups is 6. The molecule has 5 fully saturated rings. The SMILES string of the molecule is CN[C@H](CC(C)C)C(=O)N[C@H]1C(=O)N[C@@H](CC(=O)NC(=O)c2ccc(OCCN)c(OCCN)c2)C(=O)N[C@H]2C(=O)N[C@H]3C(=O)N[C@H](C(=O)N[C@H](C(=O)NC4C5CC6CC(C5)CC4C6)c4cc(O)cc(O)c4-c4cc3ccc4O)[C@H](O)c3ccc(c(Cl)c3)Oc3cc2cc2c3O[C@@H]3O[C@H](C(O)c4cc(ccc4O2)[C@H]1O)[C@@H](O)[C@H](O)[C@H]3O. The van der Waals surface area contributed by atoms with Gasteiger partial charge in [0, 0.05) is 47.5 Å². The summed E-state index contributed by atoms with van der Waals surface area (Å²) in [5.41, 5.74) is 8.49. The first kappa shape index (κ1) is 81.6. The molecule has 6 aromatic carbocycles. The summed E-state index contributed by atoms with van der Waals surface area (Å²) >= 11 is 7.16. The van der Waals surface area contributed by atoms with Crippen LogP contribution in [0.15, 0.2) is 97.1 Å². The van der Waals surface area contributed by atoms with Crippen molar-refractivity contribution >= 4 is 64.8 Å². The lowest BCUT2D eigenvalue weighted by Gasteiger charge is -2.54. The number of amides is 9. The molecule has 7 aliphatic heterocycles. The van der Waals surface area contributed by atoms with Crippen molar-refractivity contribution in [2.45, 2.75) is 156 Å². The molecule has 0 aromatic heterocycles. The zero-order valence-corrected chi connectivity index (χ0v) is 63.6. The highest BCUT2D eigenvalue weighted by atomic mass is 35.5. The van der Waals surface area contributed by atoms with Crippen LogP contribution >= 0.6 is 11.6 Å². The molecule has 15 atom stereocenters. The molecule has 4 saturated carbocycles. The summed E-state index contributed by atoms with van der Waals surface area (Å²) in [6.45, 7) is 3.69. The number of carbonyl (C=O) groups is 9. The van der Waals surface area contributed by atoms with Crippen LogP contribution in [0.4, 0.5) is 0 Å². The van der Waals surface area contributed by atoms with Gasteiger partial charge in [-0.15, -0.1) is 0 Å². The molecule has 1 saturated heterocycles. The Morgan fingerprint density at radius 2 is 1.23 bits per heavy atom. The Hall–Kier alpha value is -11.0. The highest BCUT2D eigenvalue weighted by Crippen LogP contribution is 2.55. The van der Waals surface area contributed by atoms with E-state index in [4.69, 9.17) is 51.5 Å². The molecule has 35 nitrogen and oxygen atoms in total. The highest BCUT2D eigenvalue weighted by Gasteiger charge is 2.53. The minimum absolute atomic E-state index is 0.0112. The van der Waals surface area contributed by atoms with Crippen molar-refractivity contribution in [1.82, 2.24) is 47.9 Å². The molecule has 616 valence electrons. The standard InChI is InChI=1S/C80H90ClN11O24/c1-31(2)16-46(84-3)73(104)91-62-64(97)35-5-9-50-43(23-35)66(99)71-68(101)67(100)69(102)80(116-71)115-70-54(113-50)26-40-27-55(70)114-51-10-6-36(24-45(51)81)65(98)63-79(110)90-61(77(108)87-58-38-18-32-17-33(20-38)21-39(58)19-32)44-28-41(93)29-49(95)57(44)42-22-34(4-8-48(42)94)59(75(106)92-63)89-76(107)60(40)88-74(105)47(85-78(62)109)30-56(96)86-72(103)37-7-11-52(111-14-12-82)53(25-37)112-15-13-83/h4-11,22-29,31-33,38-39,46-47,58-69,71,80,84,93-95,97-102H,12-21,30,82-83H2,1-3H3,(H,85,109)(H,87,108)(H,88,105)(H,89,107)(H,90,110)(H,91,104)(H,92,106)(H,86,96,103)/t32?,33?,38?,39?,46-,47+,58?,59-,60-,61+,62-,63+,64-,65-,66?,67+,68+,69-,71-,80-/m1/s1. The summed E-state index contributed by atoms with van der Waals surface area (Å²) in [7, 11) is 1.45. The lowest BCUT2D eigenvalue weighted by molar-refractivity contribution is -0.290. The number of ether oxygens (including phenoxy) is 6. The number of aliphatic hydroxyl groups excluding tert-OH is 6. The number of imide groups is 1. The molecule has 6 aromatic rings. The number of aromatic hydroxyl groups is 3. The summed E-state index contributed by atoms with van der Waals surface area (Å²) in [6, 6.07) is 3.50. The summed E-state index contributed by atoms with van der Waals surface area (Å²) < 4.78 is 37.3. The van der Waals surface area contributed by atoms with E-state index < -0.39 is 202 Å². The van der Waals surface area contributed by atoms with E-state index in [9.17, 15) is 60.3 Å². The van der Waals surface area contributed by atoms with Crippen LogP contribution in [0.25, 0.3) is 11.1 Å². The Labute approximate surface area is 667 Å². The van der Waals surface area contributed by atoms with Crippen LogP contribution in [0, 0.1) is 29.6 Å². The maximum Gasteiger partial charge on any atom is 0.257 e. The van der Waals surface area contributed by atoms with Gasteiger partial charge in [-0.05, 0) is 176 Å². The lowest BCUT2D eigenvalue weighted by Crippen LogP contribution is -2.60. The fraction of sp³-hybridized carbons (Fsp3) is 0.438. The number of hydrogen-bond donors (Lipinski definition) is 20. The maximum atomic E-state index is 16.4. The number of carbonyl (C=O) groups excluding carboxylic acids is 9. The molecular formula is C80H90ClN11O24. The van der Waals surface area contributed by atoms with E-state index in [0.717, 1.165) is 92.8 Å². The van der Waals surface area contributed by atoms with Crippen LogP contribution in [0.3, 0.4) is 0 Å². The number of phenols is 3. The highest BCUT2D eigenvalue weighted by molar-refractivity contribution is 6.32. The minimum Gasteiger partial charge on any atom is -0.508 e. The lowest BCUT2D eigenvalue weighted by atomic mass is 9.54. The predicted octanol–water partition coefficient (Wildman–Crippen LogP) is 1.27. The molecule has 11 aliphatic rings. The summed E-state index contributed by atoms with van der Waals surface area (Å²) in [5, 5.41) is 132. The third-order valence-electron chi connectivity index (χ3n) is 22.6. The van der Waals surface area contributed by atoms with Crippen molar-refractivity contribution in [3.63, 3.8) is 0 Å². The first-order valence-electron chi connectivity index (χ1n) is 38.2. The number of rotatable bonds is 16. The normalized spacial score (nSPS) is 28.7. The van der Waals surface area contributed by atoms with Gasteiger partial charge < -0.3 is 128 Å². The molecule has 7 heterocycles. The van der Waals surface area contributed by atoms with E-state index in [1.807, 2.05) is 0 Å². The molecule has 36 heteroatoms. The second-order valence-electron chi connectivity index (χ2n) is 30.9. The summed E-state index contributed by atoms with van der Waals surface area (Å²) in [6.07, 6.45) is -13.9. The van der Waals surface area contributed by atoms with Gasteiger partial charge in [-0.2, -0.15) is 0 Å². The molecular weight excluding hydrogens is 1530 g/mol. The quantitative estimate of drug-likeness (QED) is 0.0649. The molecule has 0 spiro atoms. The Balaban J connectivity index is 0.954. The number of nitrogens with two attached hydrogens (primary N) is 2. The van der Waals surface area contributed by atoms with Crippen LogP contribution < -0.4 is 83.0 Å². The largest absolute Gasteiger partial charge is 0.508 e. The zero-order chi connectivity index (χ0) is 82.6. The van der Waals surface area contributed by atoms with Gasteiger partial charge in [-0.1, -0.05) is 43.6 Å². The number of halogens is 1. The van der Waals surface area contributed by atoms with E-state index in [-0.39, 0.29) is 118 Å². The first-order valence-corrected chi connectivity index (χ1v) is 38.5. The molecule has 18 bridgehead atoms. The third-order valence-corrected chi connectivity index (χ3v) is 22.9. The number of nitrogens with one attached hydrogen (secondary N) is 9. The van der Waals surface area contributed by atoms with Crippen molar-refractivity contribution in [3.05, 3.63) is 141 Å². The number of benzene rings is 6. The fourth-order valence-corrected chi connectivity index (χ4v) is 17.4. The van der Waals surface area contributed by atoms with Gasteiger partial charge >= 0.3 is 0 Å². The Bertz CT molecular complexity index is 4850.